The Kier molecular flexibility index (Phi) is 4.31. The summed E-state index contributed by atoms with van der Waals surface area (Å²) in [5.74, 6) is 0.0158. The number of aliphatic hydroxyl groups is 1. The molecule has 92 valence electrons. The van der Waals surface area contributed by atoms with Gasteiger partial charge in [0.25, 0.3) is 0 Å². The maximum Gasteiger partial charge on any atom is 0.232 e. The van der Waals surface area contributed by atoms with E-state index in [1.807, 2.05) is 0 Å². The number of aromatic nitrogens is 2. The Hall–Kier alpha value is -1.08. The number of nitrogens with one attached hydrogen (secondary N) is 1. The molecule has 0 radical (unpaired) electrons. The molecule has 16 heavy (non-hydrogen) atoms. The summed E-state index contributed by atoms with van der Waals surface area (Å²) in [5.41, 5.74) is 1.15. The summed E-state index contributed by atoms with van der Waals surface area (Å²) in [5, 5.41) is 12.6. The number of sulfonamides is 1. The summed E-state index contributed by atoms with van der Waals surface area (Å²) in [6.07, 6.45) is 2.57. The zero-order chi connectivity index (χ0) is 12.2. The first-order valence-electron chi connectivity index (χ1n) is 5.06. The highest BCUT2D eigenvalue weighted by atomic mass is 32.2. The summed E-state index contributed by atoms with van der Waals surface area (Å²) in [4.78, 5) is 0. The predicted octanol–water partition coefficient (Wildman–Crippen LogP) is 0.243. The average molecular weight is 247 g/mol. The van der Waals surface area contributed by atoms with Crippen molar-refractivity contribution < 1.29 is 13.5 Å². The van der Waals surface area contributed by atoms with Crippen LogP contribution in [0.25, 0.3) is 0 Å². The topological polar surface area (TPSA) is 84.2 Å². The first-order valence-corrected chi connectivity index (χ1v) is 6.71. The molecule has 0 aliphatic heterocycles. The monoisotopic (exact) mass is 247 g/mol. The molecule has 0 unspecified atom stereocenters. The SMILES string of the molecule is Cc1nn(C)cc1NS(=O)(=O)CCCCO. The minimum atomic E-state index is -3.33. The summed E-state index contributed by atoms with van der Waals surface area (Å²) in [6.45, 7) is 1.76. The Morgan fingerprint density at radius 3 is 2.69 bits per heavy atom. The molecule has 0 spiro atoms. The lowest BCUT2D eigenvalue weighted by Crippen LogP contribution is -2.17. The minimum absolute atomic E-state index is 0.0153. The molecule has 0 saturated heterocycles. The van der Waals surface area contributed by atoms with Crippen molar-refractivity contribution in [3.63, 3.8) is 0 Å². The van der Waals surface area contributed by atoms with Gasteiger partial charge in [-0.1, -0.05) is 0 Å². The van der Waals surface area contributed by atoms with Crippen molar-refractivity contribution >= 4 is 15.7 Å². The third kappa shape index (κ3) is 3.82. The van der Waals surface area contributed by atoms with E-state index in [1.165, 1.54) is 0 Å². The molecular weight excluding hydrogens is 230 g/mol. The Morgan fingerprint density at radius 1 is 1.50 bits per heavy atom. The van der Waals surface area contributed by atoms with Crippen molar-refractivity contribution in [2.45, 2.75) is 19.8 Å². The average Bonchev–Trinajstić information content (AvgIpc) is 2.44. The quantitative estimate of drug-likeness (QED) is 0.705. The molecule has 1 rings (SSSR count). The van der Waals surface area contributed by atoms with Crippen molar-refractivity contribution in [1.29, 1.82) is 0 Å². The van der Waals surface area contributed by atoms with Crippen LogP contribution in [0.15, 0.2) is 6.20 Å². The largest absolute Gasteiger partial charge is 0.396 e. The van der Waals surface area contributed by atoms with Crippen LogP contribution in [0.2, 0.25) is 0 Å². The van der Waals surface area contributed by atoms with E-state index < -0.39 is 10.0 Å². The van der Waals surface area contributed by atoms with Gasteiger partial charge >= 0.3 is 0 Å². The van der Waals surface area contributed by atoms with E-state index in [0.29, 0.717) is 24.2 Å². The molecule has 0 aliphatic rings. The van der Waals surface area contributed by atoms with Gasteiger partial charge in [-0.2, -0.15) is 5.10 Å². The Labute approximate surface area is 95.3 Å². The third-order valence-electron chi connectivity index (χ3n) is 2.10. The second-order valence-corrected chi connectivity index (χ2v) is 5.50. The molecule has 0 aliphatic carbocycles. The standard InChI is InChI=1S/C9H17N3O3S/c1-8-9(7-12(2)10-8)11-16(14,15)6-4-3-5-13/h7,11,13H,3-6H2,1-2H3. The van der Waals surface area contributed by atoms with E-state index in [2.05, 4.69) is 9.82 Å². The number of unbranched alkanes of at least 4 members (excludes halogenated alkanes) is 1. The highest BCUT2D eigenvalue weighted by molar-refractivity contribution is 7.92. The van der Waals surface area contributed by atoms with E-state index in [9.17, 15) is 8.42 Å². The van der Waals surface area contributed by atoms with Crippen LogP contribution >= 0.6 is 0 Å². The molecule has 1 heterocycles. The molecule has 0 aromatic carbocycles. The number of nitrogens with zero attached hydrogens (tertiary/aromatic N) is 2. The van der Waals surface area contributed by atoms with Crippen LogP contribution in [-0.2, 0) is 17.1 Å². The summed E-state index contributed by atoms with van der Waals surface area (Å²) in [6, 6.07) is 0. The molecule has 1 aromatic heterocycles. The smallest absolute Gasteiger partial charge is 0.232 e. The van der Waals surface area contributed by atoms with Gasteiger partial charge in [0, 0.05) is 19.9 Å². The molecule has 0 saturated carbocycles. The Morgan fingerprint density at radius 2 is 2.19 bits per heavy atom. The van der Waals surface area contributed by atoms with Gasteiger partial charge in [-0.05, 0) is 19.8 Å². The molecule has 6 nitrogen and oxygen atoms in total. The van der Waals surface area contributed by atoms with Gasteiger partial charge in [0.05, 0.1) is 17.1 Å². The first-order chi connectivity index (χ1) is 7.44. The van der Waals surface area contributed by atoms with Crippen molar-refractivity contribution in [2.75, 3.05) is 17.1 Å². The molecule has 7 heteroatoms. The summed E-state index contributed by atoms with van der Waals surface area (Å²) < 4.78 is 27.2. The summed E-state index contributed by atoms with van der Waals surface area (Å²) >= 11 is 0. The van der Waals surface area contributed by atoms with Gasteiger partial charge < -0.3 is 5.11 Å². The van der Waals surface area contributed by atoms with Crippen molar-refractivity contribution in [3.8, 4) is 0 Å². The highest BCUT2D eigenvalue weighted by Crippen LogP contribution is 2.13. The number of anilines is 1. The lowest BCUT2D eigenvalue weighted by atomic mass is 10.4. The molecular formula is C9H17N3O3S. The van der Waals surface area contributed by atoms with E-state index in [-0.39, 0.29) is 12.4 Å². The Balaban J connectivity index is 2.62. The molecule has 0 amide bonds. The molecule has 0 atom stereocenters. The molecule has 0 fully saturated rings. The number of aryl methyl sites for hydroxylation is 2. The second-order valence-electron chi connectivity index (χ2n) is 3.65. The van der Waals surface area contributed by atoms with Crippen molar-refractivity contribution in [1.82, 2.24) is 9.78 Å². The van der Waals surface area contributed by atoms with Gasteiger partial charge in [-0.3, -0.25) is 9.40 Å². The normalized spacial score (nSPS) is 11.7. The first kappa shape index (κ1) is 13.0. The van der Waals surface area contributed by atoms with Crippen molar-refractivity contribution in [2.24, 2.45) is 7.05 Å². The molecule has 2 N–H and O–H groups in total. The highest BCUT2D eigenvalue weighted by Gasteiger charge is 2.13. The van der Waals surface area contributed by atoms with Crippen LogP contribution < -0.4 is 4.72 Å². The predicted molar refractivity (Wildman–Crippen MR) is 61.7 cm³/mol. The number of rotatable bonds is 6. The fourth-order valence-electron chi connectivity index (χ4n) is 1.32. The van der Waals surface area contributed by atoms with Gasteiger partial charge in [-0.25, -0.2) is 8.42 Å². The fourth-order valence-corrected chi connectivity index (χ4v) is 2.54. The molecule has 0 bridgehead atoms. The van der Waals surface area contributed by atoms with E-state index in [0.717, 1.165) is 0 Å². The Bertz CT molecular complexity index is 439. The van der Waals surface area contributed by atoms with Crippen molar-refractivity contribution in [3.05, 3.63) is 11.9 Å². The number of aliphatic hydroxyl groups excluding tert-OH is 1. The minimum Gasteiger partial charge on any atom is -0.396 e. The zero-order valence-electron chi connectivity index (χ0n) is 9.47. The van der Waals surface area contributed by atoms with Crippen LogP contribution in [0.4, 0.5) is 5.69 Å². The second kappa shape index (κ2) is 5.31. The number of hydrogen-bond donors (Lipinski definition) is 2. The van der Waals surface area contributed by atoms with Crippen LogP contribution in [0.1, 0.15) is 18.5 Å². The number of hydrogen-bond acceptors (Lipinski definition) is 4. The zero-order valence-corrected chi connectivity index (χ0v) is 10.3. The lowest BCUT2D eigenvalue weighted by Gasteiger charge is -2.05. The summed E-state index contributed by atoms with van der Waals surface area (Å²) in [7, 11) is -1.60. The van der Waals surface area contributed by atoms with Crippen LogP contribution in [0.3, 0.4) is 0 Å². The fraction of sp³-hybridized carbons (Fsp3) is 0.667. The third-order valence-corrected chi connectivity index (χ3v) is 3.46. The van der Waals surface area contributed by atoms with E-state index >= 15 is 0 Å². The lowest BCUT2D eigenvalue weighted by molar-refractivity contribution is 0.287. The van der Waals surface area contributed by atoms with Crippen LogP contribution in [0.5, 0.6) is 0 Å². The maximum absolute atomic E-state index is 11.6. The van der Waals surface area contributed by atoms with Gasteiger partial charge in [0.15, 0.2) is 0 Å². The van der Waals surface area contributed by atoms with E-state index in [1.54, 1.807) is 24.9 Å². The van der Waals surface area contributed by atoms with Crippen LogP contribution in [0, 0.1) is 6.92 Å². The van der Waals surface area contributed by atoms with Gasteiger partial charge in [0.1, 0.15) is 0 Å². The van der Waals surface area contributed by atoms with Gasteiger partial charge in [-0.15, -0.1) is 0 Å². The van der Waals surface area contributed by atoms with Gasteiger partial charge in [0.2, 0.25) is 10.0 Å². The molecule has 1 aromatic rings. The van der Waals surface area contributed by atoms with E-state index in [4.69, 9.17) is 5.11 Å². The maximum atomic E-state index is 11.6. The van der Waals surface area contributed by atoms with Crippen LogP contribution in [-0.4, -0.2) is 35.7 Å².